The third-order valence-electron chi connectivity index (χ3n) is 14.8. The van der Waals surface area contributed by atoms with Crippen molar-refractivity contribution in [2.45, 2.75) is 150 Å². The van der Waals surface area contributed by atoms with Crippen molar-refractivity contribution < 1.29 is 44.9 Å². The predicted octanol–water partition coefficient (Wildman–Crippen LogP) is 4.27. The number of hydrogen-bond donors (Lipinski definition) is 6. The van der Waals surface area contributed by atoms with Crippen molar-refractivity contribution >= 4 is 5.97 Å². The molecule has 14 atom stereocenters. The van der Waals surface area contributed by atoms with E-state index >= 15 is 0 Å². The van der Waals surface area contributed by atoms with Gasteiger partial charge in [0.15, 0.2) is 6.29 Å². The summed E-state index contributed by atoms with van der Waals surface area (Å²) in [4.78, 5) is 13.2. The lowest BCUT2D eigenvalue weighted by molar-refractivity contribution is -0.335. The lowest BCUT2D eigenvalue weighted by Gasteiger charge is -2.68. The summed E-state index contributed by atoms with van der Waals surface area (Å²) < 4.78 is 12.0. The van der Waals surface area contributed by atoms with Crippen LogP contribution in [0.25, 0.3) is 0 Å². The fourth-order valence-electron chi connectivity index (χ4n) is 11.7. The number of carboxylic acids is 1. The Kier molecular flexibility index (Phi) is 9.02. The molecule has 3 fully saturated rings. The number of aliphatic carboxylic acids is 1. The highest BCUT2D eigenvalue weighted by Gasteiger charge is 2.68. The first-order valence-corrected chi connectivity index (χ1v) is 17.3. The van der Waals surface area contributed by atoms with Crippen LogP contribution in [-0.4, -0.2) is 86.1 Å². The van der Waals surface area contributed by atoms with Gasteiger partial charge >= 0.3 is 5.97 Å². The standard InChI is InChI=1S/C36H60O9/c1-18(2)19(3)33(6)14-15-35(8)21-10-11-24-32(4,5)29(45-31-27(41)26(40)25(39)23(17-37)44-31)22(38)16-34(24,7)20(21)12-13-36(35,9)28(33)30(42)43/h18-19,22-29,31,37-41H,10-17H2,1-9H3,(H,42,43)/t19-,22-,23-,24+,25-,26+,27-,28-,29+,31+,33-,34-,35-,36+/m1/s1. The van der Waals surface area contributed by atoms with Crippen LogP contribution in [0.15, 0.2) is 11.1 Å². The average molecular weight is 637 g/mol. The van der Waals surface area contributed by atoms with Crippen molar-refractivity contribution in [3.05, 3.63) is 11.1 Å². The van der Waals surface area contributed by atoms with Crippen molar-refractivity contribution in [2.75, 3.05) is 6.61 Å². The highest BCUT2D eigenvalue weighted by atomic mass is 16.7. The Hall–Kier alpha value is -1.07. The van der Waals surface area contributed by atoms with Gasteiger partial charge < -0.3 is 40.1 Å². The van der Waals surface area contributed by atoms with Crippen LogP contribution in [0.4, 0.5) is 0 Å². The molecule has 0 aromatic heterocycles. The summed E-state index contributed by atoms with van der Waals surface area (Å²) in [5, 5.41) is 63.6. The van der Waals surface area contributed by atoms with Crippen molar-refractivity contribution in [3.63, 3.8) is 0 Å². The molecule has 2 saturated carbocycles. The van der Waals surface area contributed by atoms with Gasteiger partial charge in [-0.2, -0.15) is 0 Å². The molecule has 6 N–H and O–H groups in total. The minimum absolute atomic E-state index is 0.139. The minimum Gasteiger partial charge on any atom is -0.481 e. The maximum atomic E-state index is 13.2. The highest BCUT2D eigenvalue weighted by molar-refractivity contribution is 5.73. The molecule has 0 aromatic carbocycles. The number of aliphatic hydroxyl groups is 5. The van der Waals surface area contributed by atoms with Gasteiger partial charge in [0.05, 0.1) is 24.7 Å². The zero-order valence-electron chi connectivity index (χ0n) is 28.9. The summed E-state index contributed by atoms with van der Waals surface area (Å²) in [6.07, 6.45) is -2.94. The van der Waals surface area contributed by atoms with E-state index in [2.05, 4.69) is 62.3 Å². The first kappa shape index (κ1) is 35.2. The van der Waals surface area contributed by atoms with Crippen LogP contribution < -0.4 is 0 Å². The number of carboxylic acid groups (broad SMARTS) is 1. The van der Waals surface area contributed by atoms with Crippen LogP contribution in [0.5, 0.6) is 0 Å². The topological polar surface area (TPSA) is 157 Å². The Labute approximate surface area is 269 Å². The molecule has 258 valence electrons. The molecule has 5 rings (SSSR count). The van der Waals surface area contributed by atoms with E-state index in [4.69, 9.17) is 9.47 Å². The SMILES string of the molecule is CC(C)[C@@H](C)[C@@]1(C)CC[C@]2(C)C3=C(CC[C@@]2(C)[C@@H]1C(=O)O)[C@@]1(C)C[C@@H](O)[C@H](O[C@@H]2O[C@H](CO)[C@@H](O)[C@H](O)[C@H]2O)C(C)(C)[C@@H]1CC3. The Balaban J connectivity index is 1.49. The van der Waals surface area contributed by atoms with E-state index in [0.29, 0.717) is 12.3 Å². The normalized spacial score (nSPS) is 50.4. The fraction of sp³-hybridized carbons (Fsp3) is 0.917. The molecule has 4 aliphatic carbocycles. The second kappa shape index (κ2) is 11.5. The number of fused-ring (bicyclic) bond motifs is 4. The molecular formula is C36H60O9. The number of rotatable bonds is 6. The molecule has 45 heavy (non-hydrogen) atoms. The third kappa shape index (κ3) is 4.92. The van der Waals surface area contributed by atoms with Crippen LogP contribution in [0, 0.1) is 50.7 Å². The van der Waals surface area contributed by atoms with Crippen molar-refractivity contribution in [3.8, 4) is 0 Å². The van der Waals surface area contributed by atoms with Crippen LogP contribution >= 0.6 is 0 Å². The number of allylic oxidation sites excluding steroid dienone is 2. The van der Waals surface area contributed by atoms with E-state index in [9.17, 15) is 35.4 Å². The van der Waals surface area contributed by atoms with Crippen LogP contribution in [0.3, 0.4) is 0 Å². The van der Waals surface area contributed by atoms with Gasteiger partial charge in [-0.1, -0.05) is 73.5 Å². The molecule has 0 radical (unpaired) electrons. The third-order valence-corrected chi connectivity index (χ3v) is 14.8. The van der Waals surface area contributed by atoms with Gasteiger partial charge in [-0.25, -0.2) is 0 Å². The Morgan fingerprint density at radius 3 is 2.13 bits per heavy atom. The summed E-state index contributed by atoms with van der Waals surface area (Å²) >= 11 is 0. The van der Waals surface area contributed by atoms with Crippen LogP contribution in [0.1, 0.15) is 107 Å². The van der Waals surface area contributed by atoms with E-state index in [0.717, 1.165) is 38.5 Å². The largest absolute Gasteiger partial charge is 0.481 e. The lowest BCUT2D eigenvalue weighted by atomic mass is 9.36. The van der Waals surface area contributed by atoms with E-state index in [1.54, 1.807) is 0 Å². The number of ether oxygens (including phenoxy) is 2. The van der Waals surface area contributed by atoms with Gasteiger partial charge in [-0.05, 0) is 89.8 Å². The Morgan fingerprint density at radius 2 is 1.56 bits per heavy atom. The van der Waals surface area contributed by atoms with E-state index in [1.807, 2.05) is 0 Å². The van der Waals surface area contributed by atoms with Crippen molar-refractivity contribution in [1.29, 1.82) is 0 Å². The van der Waals surface area contributed by atoms with Gasteiger partial charge in [0, 0.05) is 0 Å². The first-order chi connectivity index (χ1) is 20.7. The van der Waals surface area contributed by atoms with Crippen molar-refractivity contribution in [2.24, 2.45) is 50.7 Å². The van der Waals surface area contributed by atoms with Gasteiger partial charge in [0.1, 0.15) is 24.4 Å². The maximum Gasteiger partial charge on any atom is 0.307 e. The molecule has 0 spiro atoms. The quantitative estimate of drug-likeness (QED) is 0.234. The van der Waals surface area contributed by atoms with Crippen LogP contribution in [0.2, 0.25) is 0 Å². The van der Waals surface area contributed by atoms with Gasteiger partial charge in [0.25, 0.3) is 0 Å². The molecule has 0 aromatic rings. The molecule has 0 amide bonds. The summed E-state index contributed by atoms with van der Waals surface area (Å²) in [7, 11) is 0. The zero-order chi connectivity index (χ0) is 33.7. The van der Waals surface area contributed by atoms with Gasteiger partial charge in [0.2, 0.25) is 0 Å². The predicted molar refractivity (Wildman–Crippen MR) is 169 cm³/mol. The number of hydrogen-bond acceptors (Lipinski definition) is 8. The molecular weight excluding hydrogens is 576 g/mol. The smallest absolute Gasteiger partial charge is 0.307 e. The molecule has 5 aliphatic rings. The molecule has 0 unspecified atom stereocenters. The Morgan fingerprint density at radius 1 is 0.911 bits per heavy atom. The van der Waals surface area contributed by atoms with E-state index in [1.165, 1.54) is 11.1 Å². The second-order valence-corrected chi connectivity index (χ2v) is 17.4. The molecule has 1 heterocycles. The highest BCUT2D eigenvalue weighted by Crippen LogP contribution is 2.73. The summed E-state index contributed by atoms with van der Waals surface area (Å²) in [5.74, 6) is -0.324. The fourth-order valence-corrected chi connectivity index (χ4v) is 11.7. The molecule has 1 saturated heterocycles. The summed E-state index contributed by atoms with van der Waals surface area (Å²) in [5.41, 5.74) is 0.985. The average Bonchev–Trinajstić information content (AvgIpc) is 2.94. The molecule has 1 aliphatic heterocycles. The maximum absolute atomic E-state index is 13.2. The second-order valence-electron chi connectivity index (χ2n) is 17.4. The van der Waals surface area contributed by atoms with Gasteiger partial charge in [-0.15, -0.1) is 0 Å². The van der Waals surface area contributed by atoms with Crippen molar-refractivity contribution in [1.82, 2.24) is 0 Å². The van der Waals surface area contributed by atoms with E-state index < -0.39 is 72.2 Å². The zero-order valence-corrected chi connectivity index (χ0v) is 28.9. The summed E-state index contributed by atoms with van der Waals surface area (Å²) in [6.45, 7) is 19.4. The number of carbonyl (C=O) groups is 1. The summed E-state index contributed by atoms with van der Waals surface area (Å²) in [6, 6.07) is 0. The van der Waals surface area contributed by atoms with E-state index in [-0.39, 0.29) is 28.1 Å². The van der Waals surface area contributed by atoms with Crippen LogP contribution in [-0.2, 0) is 14.3 Å². The monoisotopic (exact) mass is 636 g/mol. The number of aliphatic hydroxyl groups excluding tert-OH is 5. The molecule has 0 bridgehead atoms. The minimum atomic E-state index is -1.55. The Bertz CT molecular complexity index is 1180. The molecule has 9 nitrogen and oxygen atoms in total. The first-order valence-electron chi connectivity index (χ1n) is 17.3. The lowest BCUT2D eigenvalue weighted by Crippen LogP contribution is -2.65. The van der Waals surface area contributed by atoms with Gasteiger partial charge in [-0.3, -0.25) is 4.79 Å². The molecule has 9 heteroatoms.